The van der Waals surface area contributed by atoms with Gasteiger partial charge in [-0.15, -0.1) is 0 Å². The van der Waals surface area contributed by atoms with Crippen molar-refractivity contribution in [3.8, 4) is 0 Å². The minimum atomic E-state index is 0.0193. The molecule has 1 aromatic rings. The van der Waals surface area contributed by atoms with Crippen molar-refractivity contribution in [3.05, 3.63) is 35.5 Å². The zero-order valence-electron chi connectivity index (χ0n) is 15.5. The Morgan fingerprint density at radius 1 is 1.23 bits per heavy atom. The van der Waals surface area contributed by atoms with E-state index >= 15 is 0 Å². The SMILES string of the molecule is CN1C(=S)N(C2CCCCC2)C(=O)/C1=C/c1ccc(N(C)CCO)cc1. The molecule has 1 saturated carbocycles. The summed E-state index contributed by atoms with van der Waals surface area (Å²) in [6.45, 7) is 0.711. The van der Waals surface area contributed by atoms with Gasteiger partial charge in [-0.3, -0.25) is 9.69 Å². The quantitative estimate of drug-likeness (QED) is 0.635. The van der Waals surface area contributed by atoms with E-state index in [1.165, 1.54) is 19.3 Å². The first-order valence-electron chi connectivity index (χ1n) is 9.28. The van der Waals surface area contributed by atoms with Crippen molar-refractivity contribution in [2.24, 2.45) is 0 Å². The number of carbonyl (C=O) groups excluding carboxylic acids is 1. The van der Waals surface area contributed by atoms with E-state index < -0.39 is 0 Å². The molecule has 0 spiro atoms. The number of anilines is 1. The Hall–Kier alpha value is -1.92. The van der Waals surface area contributed by atoms with E-state index in [9.17, 15) is 4.79 Å². The molecule has 1 N–H and O–H groups in total. The molecule has 5 nitrogen and oxygen atoms in total. The second kappa shape index (κ2) is 8.18. The Bertz CT molecular complexity index is 696. The largest absolute Gasteiger partial charge is 0.395 e. The summed E-state index contributed by atoms with van der Waals surface area (Å²) in [5.74, 6) is 0.0193. The normalized spacial score (nSPS) is 20.3. The number of hydrogen-bond acceptors (Lipinski definition) is 4. The number of thiocarbonyl (C=S) groups is 1. The van der Waals surface area contributed by atoms with Crippen LogP contribution in [-0.2, 0) is 4.79 Å². The van der Waals surface area contributed by atoms with Gasteiger partial charge >= 0.3 is 0 Å². The summed E-state index contributed by atoms with van der Waals surface area (Å²) in [6, 6.07) is 8.22. The number of benzene rings is 1. The minimum Gasteiger partial charge on any atom is -0.395 e. The van der Waals surface area contributed by atoms with Gasteiger partial charge in [0.2, 0.25) is 0 Å². The molecule has 6 heteroatoms. The molecule has 1 amide bonds. The maximum absolute atomic E-state index is 13.0. The first-order valence-corrected chi connectivity index (χ1v) is 9.68. The highest BCUT2D eigenvalue weighted by atomic mass is 32.1. The molecule has 0 bridgehead atoms. The third-order valence-electron chi connectivity index (χ3n) is 5.30. The molecular formula is C20H27N3O2S. The molecular weight excluding hydrogens is 346 g/mol. The van der Waals surface area contributed by atoms with Gasteiger partial charge in [0.15, 0.2) is 5.11 Å². The highest BCUT2D eigenvalue weighted by Gasteiger charge is 2.40. The Kier molecular flexibility index (Phi) is 5.94. The lowest BCUT2D eigenvalue weighted by molar-refractivity contribution is -0.124. The summed E-state index contributed by atoms with van der Waals surface area (Å²) in [5.41, 5.74) is 2.64. The van der Waals surface area contributed by atoms with Crippen molar-refractivity contribution in [2.75, 3.05) is 32.1 Å². The van der Waals surface area contributed by atoms with E-state index in [1.54, 1.807) is 0 Å². The molecule has 1 saturated heterocycles. The molecule has 0 radical (unpaired) electrons. The van der Waals surface area contributed by atoms with E-state index in [0.29, 0.717) is 17.4 Å². The van der Waals surface area contributed by atoms with Gasteiger partial charge in [-0.25, -0.2) is 0 Å². The summed E-state index contributed by atoms with van der Waals surface area (Å²) in [5, 5.41) is 9.66. The molecule has 0 aromatic heterocycles. The number of aliphatic hydroxyl groups excluding tert-OH is 1. The van der Waals surface area contributed by atoms with Gasteiger partial charge < -0.3 is 14.9 Å². The molecule has 2 aliphatic rings. The van der Waals surface area contributed by atoms with E-state index in [1.807, 2.05) is 59.1 Å². The lowest BCUT2D eigenvalue weighted by atomic mass is 9.94. The van der Waals surface area contributed by atoms with Crippen molar-refractivity contribution in [2.45, 2.75) is 38.1 Å². The van der Waals surface area contributed by atoms with Crippen LogP contribution < -0.4 is 4.90 Å². The second-order valence-corrected chi connectivity index (χ2v) is 7.44. The fourth-order valence-electron chi connectivity index (χ4n) is 3.70. The van der Waals surface area contributed by atoms with Gasteiger partial charge in [0.05, 0.1) is 6.61 Å². The molecule has 1 heterocycles. The lowest BCUT2D eigenvalue weighted by Crippen LogP contribution is -2.41. The Morgan fingerprint density at radius 3 is 2.50 bits per heavy atom. The van der Waals surface area contributed by atoms with Gasteiger partial charge in [0.25, 0.3) is 5.91 Å². The maximum atomic E-state index is 13.0. The topological polar surface area (TPSA) is 47.0 Å². The molecule has 1 aliphatic heterocycles. The van der Waals surface area contributed by atoms with Gasteiger partial charge in [-0.2, -0.15) is 0 Å². The number of aliphatic hydroxyl groups is 1. The first-order chi connectivity index (χ1) is 12.5. The smallest absolute Gasteiger partial charge is 0.277 e. The van der Waals surface area contributed by atoms with Crippen molar-refractivity contribution in [1.82, 2.24) is 9.80 Å². The average molecular weight is 374 g/mol. The number of hydrogen-bond donors (Lipinski definition) is 1. The highest BCUT2D eigenvalue weighted by Crippen LogP contribution is 2.30. The average Bonchev–Trinajstić information content (AvgIpc) is 2.86. The predicted octanol–water partition coefficient (Wildman–Crippen LogP) is 2.85. The van der Waals surface area contributed by atoms with Gasteiger partial charge in [0, 0.05) is 32.4 Å². The number of carbonyl (C=O) groups is 1. The molecule has 2 fully saturated rings. The number of rotatable bonds is 5. The van der Waals surface area contributed by atoms with E-state index in [2.05, 4.69) is 0 Å². The van der Waals surface area contributed by atoms with Crippen molar-refractivity contribution < 1.29 is 9.90 Å². The molecule has 0 atom stereocenters. The number of nitrogens with zero attached hydrogens (tertiary/aromatic N) is 3. The fraction of sp³-hybridized carbons (Fsp3) is 0.500. The van der Waals surface area contributed by atoms with Gasteiger partial charge in [-0.05, 0) is 48.8 Å². The highest BCUT2D eigenvalue weighted by molar-refractivity contribution is 7.80. The van der Waals surface area contributed by atoms with Crippen LogP contribution in [0.5, 0.6) is 0 Å². The molecule has 140 valence electrons. The third kappa shape index (κ3) is 3.76. The van der Waals surface area contributed by atoms with E-state index in [4.69, 9.17) is 17.3 Å². The maximum Gasteiger partial charge on any atom is 0.277 e. The van der Waals surface area contributed by atoms with E-state index in [0.717, 1.165) is 24.1 Å². The summed E-state index contributed by atoms with van der Waals surface area (Å²) >= 11 is 5.56. The van der Waals surface area contributed by atoms with Crippen LogP contribution in [0.25, 0.3) is 6.08 Å². The van der Waals surface area contributed by atoms with Crippen LogP contribution in [0.4, 0.5) is 5.69 Å². The summed E-state index contributed by atoms with van der Waals surface area (Å²) in [6.07, 6.45) is 7.58. The zero-order valence-corrected chi connectivity index (χ0v) is 16.3. The van der Waals surface area contributed by atoms with Crippen LogP contribution in [0.3, 0.4) is 0 Å². The first kappa shape index (κ1) is 18.9. The summed E-state index contributed by atoms with van der Waals surface area (Å²) in [7, 11) is 3.82. The monoisotopic (exact) mass is 373 g/mol. The molecule has 26 heavy (non-hydrogen) atoms. The third-order valence-corrected chi connectivity index (χ3v) is 5.78. The summed E-state index contributed by atoms with van der Waals surface area (Å²) < 4.78 is 0. The zero-order chi connectivity index (χ0) is 18.7. The Labute approximate surface area is 160 Å². The van der Waals surface area contributed by atoms with Crippen molar-refractivity contribution in [1.29, 1.82) is 0 Å². The standard InChI is InChI=1S/C20H27N3O2S/c1-21(12-13-24)16-10-8-15(9-11-16)14-18-19(25)23(20(26)22(18)2)17-6-4-3-5-7-17/h8-11,14,17,24H,3-7,12-13H2,1-2H3/b18-14-. The molecule has 1 aromatic carbocycles. The van der Waals surface area contributed by atoms with Gasteiger partial charge in [-0.1, -0.05) is 31.4 Å². The van der Waals surface area contributed by atoms with Crippen LogP contribution >= 0.6 is 12.2 Å². The number of likely N-dealkylation sites (N-methyl/N-ethyl adjacent to an activating group) is 2. The Morgan fingerprint density at radius 2 is 1.88 bits per heavy atom. The van der Waals surface area contributed by atoms with Gasteiger partial charge in [0.1, 0.15) is 5.70 Å². The molecule has 1 aliphatic carbocycles. The molecule has 3 rings (SSSR count). The minimum absolute atomic E-state index is 0.0193. The van der Waals surface area contributed by atoms with Crippen LogP contribution in [0, 0.1) is 0 Å². The van der Waals surface area contributed by atoms with Crippen molar-refractivity contribution in [3.63, 3.8) is 0 Å². The Balaban J connectivity index is 1.79. The van der Waals surface area contributed by atoms with Crippen LogP contribution in [0.15, 0.2) is 30.0 Å². The van der Waals surface area contributed by atoms with Crippen LogP contribution in [0.1, 0.15) is 37.7 Å². The fourth-order valence-corrected chi connectivity index (χ4v) is 4.03. The summed E-state index contributed by atoms with van der Waals surface area (Å²) in [4.78, 5) is 18.6. The number of amides is 1. The lowest BCUT2D eigenvalue weighted by Gasteiger charge is -2.30. The molecule has 0 unspecified atom stereocenters. The van der Waals surface area contributed by atoms with Crippen LogP contribution in [0.2, 0.25) is 0 Å². The second-order valence-electron chi connectivity index (χ2n) is 7.07. The van der Waals surface area contributed by atoms with E-state index in [-0.39, 0.29) is 18.6 Å². The predicted molar refractivity (Wildman–Crippen MR) is 109 cm³/mol. The van der Waals surface area contributed by atoms with Crippen LogP contribution in [-0.4, -0.2) is 59.2 Å². The van der Waals surface area contributed by atoms with Crippen molar-refractivity contribution >= 4 is 35.0 Å².